The molecule has 5 heteroatoms. The Hall–Kier alpha value is -1.000. The monoisotopic (exact) mass is 297 g/mol. The molecule has 2 aromatic rings. The zero-order valence-electron chi connectivity index (χ0n) is 8.83. The minimum absolute atomic E-state index is 0.422. The second kappa shape index (κ2) is 4.47. The van der Waals surface area contributed by atoms with Crippen molar-refractivity contribution >= 4 is 27.5 Å². The summed E-state index contributed by atoms with van der Waals surface area (Å²) in [6.07, 6.45) is 3.49. The Morgan fingerprint density at radius 1 is 1.25 bits per heavy atom. The van der Waals surface area contributed by atoms with Gasteiger partial charge in [-0.25, -0.2) is 9.97 Å². The highest BCUT2D eigenvalue weighted by molar-refractivity contribution is 9.10. The lowest BCUT2D eigenvalue weighted by atomic mass is 10.1. The fourth-order valence-corrected chi connectivity index (χ4v) is 1.74. The minimum Gasteiger partial charge on any atom is -0.264 e. The van der Waals surface area contributed by atoms with Crippen LogP contribution in [0.15, 0.2) is 22.9 Å². The summed E-state index contributed by atoms with van der Waals surface area (Å²) in [5.74, 6) is 0.608. The van der Waals surface area contributed by atoms with E-state index in [2.05, 4.69) is 30.9 Å². The van der Waals surface area contributed by atoms with Gasteiger partial charge in [-0.15, -0.1) is 0 Å². The van der Waals surface area contributed by atoms with Crippen LogP contribution in [-0.2, 0) is 0 Å². The van der Waals surface area contributed by atoms with Crippen molar-refractivity contribution in [3.8, 4) is 11.4 Å². The van der Waals surface area contributed by atoms with E-state index in [9.17, 15) is 0 Å². The summed E-state index contributed by atoms with van der Waals surface area (Å²) in [6, 6.07) is 1.92. The summed E-state index contributed by atoms with van der Waals surface area (Å²) in [5.41, 5.74) is 2.80. The Morgan fingerprint density at radius 2 is 2.00 bits per heavy atom. The van der Waals surface area contributed by atoms with Crippen molar-refractivity contribution in [3.63, 3.8) is 0 Å². The van der Waals surface area contributed by atoms with Crippen LogP contribution in [-0.4, -0.2) is 15.0 Å². The van der Waals surface area contributed by atoms with E-state index < -0.39 is 0 Å². The van der Waals surface area contributed by atoms with Gasteiger partial charge in [0.15, 0.2) is 5.82 Å². The lowest BCUT2D eigenvalue weighted by Gasteiger charge is -2.06. The average molecular weight is 299 g/mol. The van der Waals surface area contributed by atoms with E-state index in [0.29, 0.717) is 11.0 Å². The second-order valence-corrected chi connectivity index (χ2v) is 4.58. The van der Waals surface area contributed by atoms with Crippen LogP contribution in [0.5, 0.6) is 0 Å². The van der Waals surface area contributed by atoms with E-state index in [1.165, 1.54) is 0 Å². The molecule has 3 nitrogen and oxygen atoms in total. The molecule has 82 valence electrons. The van der Waals surface area contributed by atoms with Crippen LogP contribution < -0.4 is 0 Å². The summed E-state index contributed by atoms with van der Waals surface area (Å²) < 4.78 is 0.736. The van der Waals surface area contributed by atoms with E-state index in [1.807, 2.05) is 19.9 Å². The number of halogens is 2. The van der Waals surface area contributed by atoms with Crippen LogP contribution in [0.25, 0.3) is 11.4 Å². The van der Waals surface area contributed by atoms with Gasteiger partial charge in [-0.2, -0.15) is 0 Å². The number of aromatic nitrogens is 3. The molecule has 0 fully saturated rings. The van der Waals surface area contributed by atoms with Crippen molar-refractivity contribution in [1.29, 1.82) is 0 Å². The lowest BCUT2D eigenvalue weighted by molar-refractivity contribution is 1.08. The molecule has 0 atom stereocenters. The summed E-state index contributed by atoms with van der Waals surface area (Å²) in [7, 11) is 0. The zero-order chi connectivity index (χ0) is 11.7. The molecule has 2 heterocycles. The smallest absolute Gasteiger partial charge is 0.162 e. The Morgan fingerprint density at radius 3 is 2.62 bits per heavy atom. The normalized spacial score (nSPS) is 10.5. The van der Waals surface area contributed by atoms with Gasteiger partial charge in [0, 0.05) is 18.0 Å². The average Bonchev–Trinajstić information content (AvgIpc) is 2.26. The molecule has 0 unspecified atom stereocenters. The van der Waals surface area contributed by atoms with E-state index in [4.69, 9.17) is 11.6 Å². The van der Waals surface area contributed by atoms with Crippen LogP contribution >= 0.6 is 27.5 Å². The van der Waals surface area contributed by atoms with Crippen LogP contribution in [0.1, 0.15) is 11.3 Å². The first-order valence-electron chi connectivity index (χ1n) is 4.70. The first-order valence-corrected chi connectivity index (χ1v) is 5.87. The first kappa shape index (κ1) is 11.5. The number of rotatable bonds is 1. The summed E-state index contributed by atoms with van der Waals surface area (Å²) >= 11 is 9.33. The van der Waals surface area contributed by atoms with Gasteiger partial charge in [0.05, 0.1) is 10.2 Å². The molecule has 0 radical (unpaired) electrons. The Labute approximate surface area is 107 Å². The maximum Gasteiger partial charge on any atom is 0.162 e. The summed E-state index contributed by atoms with van der Waals surface area (Å²) in [6.45, 7) is 3.87. The highest BCUT2D eigenvalue weighted by Crippen LogP contribution is 2.27. The molecule has 0 aliphatic rings. The van der Waals surface area contributed by atoms with Crippen molar-refractivity contribution in [1.82, 2.24) is 15.0 Å². The molecule has 0 aliphatic heterocycles. The number of hydrogen-bond acceptors (Lipinski definition) is 3. The Balaban J connectivity index is 2.62. The first-order chi connectivity index (χ1) is 7.59. The SMILES string of the molecule is Cc1ccncc1-c1nc(C)c(Br)c(Cl)n1. The summed E-state index contributed by atoms with van der Waals surface area (Å²) in [5, 5.41) is 0.422. The predicted molar refractivity (Wildman–Crippen MR) is 67.4 cm³/mol. The number of aryl methyl sites for hydroxylation is 2. The van der Waals surface area contributed by atoms with Crippen molar-refractivity contribution in [2.75, 3.05) is 0 Å². The van der Waals surface area contributed by atoms with E-state index in [-0.39, 0.29) is 0 Å². The van der Waals surface area contributed by atoms with Crippen molar-refractivity contribution in [3.05, 3.63) is 39.3 Å². The molecular formula is C11H9BrClN3. The molecular weight excluding hydrogens is 289 g/mol. The highest BCUT2D eigenvalue weighted by Gasteiger charge is 2.10. The molecule has 0 amide bonds. The maximum absolute atomic E-state index is 6.00. The number of pyridine rings is 1. The largest absolute Gasteiger partial charge is 0.264 e. The molecule has 16 heavy (non-hydrogen) atoms. The topological polar surface area (TPSA) is 38.7 Å². The minimum atomic E-state index is 0.422. The quantitative estimate of drug-likeness (QED) is 0.755. The molecule has 0 saturated carbocycles. The molecule has 0 aromatic carbocycles. The molecule has 0 spiro atoms. The molecule has 0 aliphatic carbocycles. The fourth-order valence-electron chi connectivity index (χ4n) is 1.34. The molecule has 0 bridgehead atoms. The number of hydrogen-bond donors (Lipinski definition) is 0. The Bertz CT molecular complexity index is 519. The third kappa shape index (κ3) is 2.08. The van der Waals surface area contributed by atoms with Gasteiger partial charge < -0.3 is 0 Å². The highest BCUT2D eigenvalue weighted by atomic mass is 79.9. The van der Waals surface area contributed by atoms with Gasteiger partial charge in [0.1, 0.15) is 5.15 Å². The van der Waals surface area contributed by atoms with Crippen LogP contribution in [0.4, 0.5) is 0 Å². The second-order valence-electron chi connectivity index (χ2n) is 3.43. The van der Waals surface area contributed by atoms with Crippen molar-refractivity contribution < 1.29 is 0 Å². The van der Waals surface area contributed by atoms with Gasteiger partial charge in [-0.05, 0) is 41.4 Å². The van der Waals surface area contributed by atoms with Gasteiger partial charge in [0.2, 0.25) is 0 Å². The van der Waals surface area contributed by atoms with Gasteiger partial charge in [-0.1, -0.05) is 11.6 Å². The molecule has 2 rings (SSSR count). The molecule has 0 N–H and O–H groups in total. The summed E-state index contributed by atoms with van der Waals surface area (Å²) in [4.78, 5) is 12.7. The van der Waals surface area contributed by atoms with Crippen LogP contribution in [0, 0.1) is 13.8 Å². The maximum atomic E-state index is 6.00. The fraction of sp³-hybridized carbons (Fsp3) is 0.182. The van der Waals surface area contributed by atoms with E-state index in [0.717, 1.165) is 21.3 Å². The third-order valence-electron chi connectivity index (χ3n) is 2.26. The van der Waals surface area contributed by atoms with Crippen LogP contribution in [0.2, 0.25) is 5.15 Å². The van der Waals surface area contributed by atoms with Crippen molar-refractivity contribution in [2.24, 2.45) is 0 Å². The predicted octanol–water partition coefficient (Wildman–Crippen LogP) is 3.57. The van der Waals surface area contributed by atoms with Crippen molar-refractivity contribution in [2.45, 2.75) is 13.8 Å². The van der Waals surface area contributed by atoms with Gasteiger partial charge >= 0.3 is 0 Å². The third-order valence-corrected chi connectivity index (χ3v) is 3.71. The lowest BCUT2D eigenvalue weighted by Crippen LogP contribution is -1.96. The standard InChI is InChI=1S/C11H9BrClN3/c1-6-3-4-14-5-8(6)11-15-7(2)9(12)10(13)16-11/h3-5H,1-2H3. The zero-order valence-corrected chi connectivity index (χ0v) is 11.2. The van der Waals surface area contributed by atoms with Gasteiger partial charge in [-0.3, -0.25) is 4.98 Å². The van der Waals surface area contributed by atoms with E-state index in [1.54, 1.807) is 12.4 Å². The van der Waals surface area contributed by atoms with Gasteiger partial charge in [0.25, 0.3) is 0 Å². The number of nitrogens with zero attached hydrogens (tertiary/aromatic N) is 3. The van der Waals surface area contributed by atoms with Crippen LogP contribution in [0.3, 0.4) is 0 Å². The molecule has 2 aromatic heterocycles. The molecule has 0 saturated heterocycles. The van der Waals surface area contributed by atoms with E-state index >= 15 is 0 Å². The Kier molecular flexibility index (Phi) is 3.21.